The molecule has 0 radical (unpaired) electrons. The molecule has 1 aliphatic carbocycles. The number of ether oxygens (including phenoxy) is 1. The molecule has 0 atom stereocenters. The predicted molar refractivity (Wildman–Crippen MR) is 38.8 cm³/mol. The summed E-state index contributed by atoms with van der Waals surface area (Å²) in [6, 6.07) is 0. The standard InChI is InChI=1S/C4H8.C2H4O2.ClH/c1-2-4-3-1;1-4-2-3;/h1-4H2;2H,1H3;1H. The van der Waals surface area contributed by atoms with Crippen molar-refractivity contribution in [2.75, 3.05) is 7.11 Å². The van der Waals surface area contributed by atoms with Crippen LogP contribution in [0.2, 0.25) is 0 Å². The minimum atomic E-state index is 0. The van der Waals surface area contributed by atoms with E-state index in [-0.39, 0.29) is 12.4 Å². The van der Waals surface area contributed by atoms with Crippen LogP contribution in [0.3, 0.4) is 0 Å². The molecule has 2 nitrogen and oxygen atoms in total. The first-order valence-corrected chi connectivity index (χ1v) is 2.88. The van der Waals surface area contributed by atoms with Crippen LogP contribution in [0.4, 0.5) is 0 Å². The van der Waals surface area contributed by atoms with Crippen molar-refractivity contribution in [1.82, 2.24) is 0 Å². The fraction of sp³-hybridized carbons (Fsp3) is 0.833. The summed E-state index contributed by atoms with van der Waals surface area (Å²) in [5.74, 6) is 0. The summed E-state index contributed by atoms with van der Waals surface area (Å²) in [7, 11) is 1.31. The Morgan fingerprint density at radius 3 is 1.44 bits per heavy atom. The van der Waals surface area contributed by atoms with E-state index in [4.69, 9.17) is 4.79 Å². The largest absolute Gasteiger partial charge is 0.471 e. The third-order valence-electron chi connectivity index (χ3n) is 1.10. The van der Waals surface area contributed by atoms with E-state index in [0.29, 0.717) is 6.47 Å². The van der Waals surface area contributed by atoms with Crippen LogP contribution >= 0.6 is 12.4 Å². The quantitative estimate of drug-likeness (QED) is 0.536. The lowest BCUT2D eigenvalue weighted by atomic mass is 10.0. The third-order valence-corrected chi connectivity index (χ3v) is 1.10. The molecule has 0 aromatic carbocycles. The highest BCUT2D eigenvalue weighted by molar-refractivity contribution is 5.85. The van der Waals surface area contributed by atoms with E-state index >= 15 is 0 Å². The van der Waals surface area contributed by atoms with Gasteiger partial charge in [0.05, 0.1) is 7.11 Å². The van der Waals surface area contributed by atoms with Gasteiger partial charge < -0.3 is 4.74 Å². The first-order valence-electron chi connectivity index (χ1n) is 2.88. The Balaban J connectivity index is 0. The molecule has 0 aliphatic heterocycles. The molecule has 1 aliphatic rings. The number of hydrogen-bond donors (Lipinski definition) is 0. The van der Waals surface area contributed by atoms with Gasteiger partial charge in [0.15, 0.2) is 0 Å². The molecule has 0 bridgehead atoms. The van der Waals surface area contributed by atoms with Crippen molar-refractivity contribution in [1.29, 1.82) is 0 Å². The Labute approximate surface area is 62.0 Å². The van der Waals surface area contributed by atoms with Crippen molar-refractivity contribution in [3.63, 3.8) is 0 Å². The van der Waals surface area contributed by atoms with Gasteiger partial charge in [0.25, 0.3) is 6.47 Å². The van der Waals surface area contributed by atoms with Crippen LogP contribution in [0.1, 0.15) is 25.7 Å². The topological polar surface area (TPSA) is 26.3 Å². The SMILES string of the molecule is C1CCC1.COC=O.Cl. The molecule has 0 unspecified atom stereocenters. The smallest absolute Gasteiger partial charge is 0.292 e. The number of rotatable bonds is 1. The first kappa shape index (κ1) is 11.5. The van der Waals surface area contributed by atoms with Crippen LogP contribution in [-0.2, 0) is 9.53 Å². The highest BCUT2D eigenvalue weighted by atomic mass is 35.5. The Hall–Kier alpha value is -0.240. The molecule has 56 valence electrons. The molecule has 1 rings (SSSR count). The summed E-state index contributed by atoms with van der Waals surface area (Å²) < 4.78 is 3.86. The second-order valence-electron chi connectivity index (χ2n) is 1.75. The van der Waals surface area contributed by atoms with Crippen LogP contribution in [0.5, 0.6) is 0 Å². The number of carbonyl (C=O) groups is 1. The van der Waals surface area contributed by atoms with Crippen LogP contribution in [0.25, 0.3) is 0 Å². The van der Waals surface area contributed by atoms with Crippen molar-refractivity contribution in [2.45, 2.75) is 25.7 Å². The molecule has 0 aromatic heterocycles. The van der Waals surface area contributed by atoms with Gasteiger partial charge in [0.2, 0.25) is 0 Å². The molecule has 0 amide bonds. The van der Waals surface area contributed by atoms with E-state index in [1.165, 1.54) is 32.8 Å². The molecule has 0 heterocycles. The lowest BCUT2D eigenvalue weighted by molar-refractivity contribution is -0.126. The molecule has 0 saturated heterocycles. The molecule has 0 aromatic rings. The molecular weight excluding hydrogens is 140 g/mol. The van der Waals surface area contributed by atoms with Gasteiger partial charge in [-0.25, -0.2) is 0 Å². The molecule has 0 spiro atoms. The van der Waals surface area contributed by atoms with E-state index in [2.05, 4.69) is 4.74 Å². The summed E-state index contributed by atoms with van der Waals surface area (Å²) in [4.78, 5) is 8.95. The highest BCUT2D eigenvalue weighted by Crippen LogP contribution is 2.15. The molecule has 9 heavy (non-hydrogen) atoms. The van der Waals surface area contributed by atoms with E-state index in [1.807, 2.05) is 0 Å². The van der Waals surface area contributed by atoms with Gasteiger partial charge in [-0.2, -0.15) is 0 Å². The number of carbonyl (C=O) groups excluding carboxylic acids is 1. The van der Waals surface area contributed by atoms with E-state index in [9.17, 15) is 0 Å². The van der Waals surface area contributed by atoms with Crippen LogP contribution < -0.4 is 0 Å². The fourth-order valence-corrected chi connectivity index (χ4v) is 0.250. The molecule has 3 heteroatoms. The maximum atomic E-state index is 8.95. The monoisotopic (exact) mass is 152 g/mol. The second-order valence-corrected chi connectivity index (χ2v) is 1.75. The summed E-state index contributed by atoms with van der Waals surface area (Å²) in [5, 5.41) is 0. The Morgan fingerprint density at radius 2 is 1.44 bits per heavy atom. The van der Waals surface area contributed by atoms with Gasteiger partial charge in [-0.05, 0) is 0 Å². The van der Waals surface area contributed by atoms with E-state index in [1.54, 1.807) is 0 Å². The minimum absolute atomic E-state index is 0. The van der Waals surface area contributed by atoms with Crippen molar-refractivity contribution in [3.05, 3.63) is 0 Å². The van der Waals surface area contributed by atoms with Gasteiger partial charge in [0.1, 0.15) is 0 Å². The van der Waals surface area contributed by atoms with Crippen molar-refractivity contribution in [2.24, 2.45) is 0 Å². The third kappa shape index (κ3) is 11.4. The first-order chi connectivity index (χ1) is 3.91. The van der Waals surface area contributed by atoms with Gasteiger partial charge in [-0.15, -0.1) is 12.4 Å². The summed E-state index contributed by atoms with van der Waals surface area (Å²) in [5.41, 5.74) is 0. The highest BCUT2D eigenvalue weighted by Gasteiger charge is 1.95. The molecule has 1 fully saturated rings. The zero-order chi connectivity index (χ0) is 6.24. The van der Waals surface area contributed by atoms with Crippen LogP contribution in [-0.4, -0.2) is 13.6 Å². The minimum Gasteiger partial charge on any atom is -0.471 e. The average molecular weight is 153 g/mol. The van der Waals surface area contributed by atoms with Gasteiger partial charge in [0, 0.05) is 0 Å². The Morgan fingerprint density at radius 1 is 1.22 bits per heavy atom. The van der Waals surface area contributed by atoms with E-state index < -0.39 is 0 Å². The normalized spacial score (nSPS) is 13.0. The Bertz CT molecular complexity index is 49.0. The zero-order valence-electron chi connectivity index (χ0n) is 5.63. The van der Waals surface area contributed by atoms with Crippen molar-refractivity contribution in [3.8, 4) is 0 Å². The summed E-state index contributed by atoms with van der Waals surface area (Å²) >= 11 is 0. The fourth-order valence-electron chi connectivity index (χ4n) is 0.250. The van der Waals surface area contributed by atoms with E-state index in [0.717, 1.165) is 0 Å². The van der Waals surface area contributed by atoms with Crippen LogP contribution in [0, 0.1) is 0 Å². The number of halogens is 1. The maximum absolute atomic E-state index is 8.95. The second kappa shape index (κ2) is 10.7. The van der Waals surface area contributed by atoms with Crippen molar-refractivity contribution >= 4 is 18.9 Å². The summed E-state index contributed by atoms with van der Waals surface area (Å²) in [6.07, 6.45) is 6.00. The lowest BCUT2D eigenvalue weighted by Gasteiger charge is -2.05. The van der Waals surface area contributed by atoms with Gasteiger partial charge >= 0.3 is 0 Å². The molecule has 1 saturated carbocycles. The maximum Gasteiger partial charge on any atom is 0.292 e. The zero-order valence-corrected chi connectivity index (χ0v) is 6.45. The Kier molecular flexibility index (Phi) is 13.7. The van der Waals surface area contributed by atoms with Gasteiger partial charge in [-0.1, -0.05) is 25.7 Å². The molecular formula is C6H13ClO2. The molecule has 0 N–H and O–H groups in total. The summed E-state index contributed by atoms with van der Waals surface area (Å²) in [6.45, 7) is 0.375. The number of methoxy groups -OCH3 is 1. The van der Waals surface area contributed by atoms with Crippen LogP contribution in [0.15, 0.2) is 0 Å². The predicted octanol–water partition coefficient (Wildman–Crippen LogP) is 1.77. The number of hydrogen-bond acceptors (Lipinski definition) is 2. The van der Waals surface area contributed by atoms with Gasteiger partial charge in [-0.3, -0.25) is 4.79 Å². The van der Waals surface area contributed by atoms with Crippen molar-refractivity contribution < 1.29 is 9.53 Å². The average Bonchev–Trinajstić information content (AvgIpc) is 1.61. The lowest BCUT2D eigenvalue weighted by Crippen LogP contribution is -1.85.